The minimum absolute atomic E-state index is 0.126. The Kier molecular flexibility index (Phi) is 4.52. The van der Waals surface area contributed by atoms with Crippen LogP contribution in [0.15, 0.2) is 23.1 Å². The lowest BCUT2D eigenvalue weighted by Gasteiger charge is -2.23. The van der Waals surface area contributed by atoms with Crippen LogP contribution in [0.4, 0.5) is 0 Å². The highest BCUT2D eigenvalue weighted by Crippen LogP contribution is 2.39. The SMILES string of the molecule is CCCc1ccc(Cl)c(S(=O)(=O)N2CCC3(CCNC3)C2)c1. The van der Waals surface area contributed by atoms with E-state index in [-0.39, 0.29) is 10.3 Å². The van der Waals surface area contributed by atoms with Crippen LogP contribution in [0.5, 0.6) is 0 Å². The molecule has 2 fully saturated rings. The van der Waals surface area contributed by atoms with Crippen LogP contribution in [0.1, 0.15) is 31.7 Å². The van der Waals surface area contributed by atoms with E-state index in [1.807, 2.05) is 6.07 Å². The summed E-state index contributed by atoms with van der Waals surface area (Å²) in [6, 6.07) is 5.37. The molecule has 1 aromatic rings. The number of nitrogens with zero attached hydrogens (tertiary/aromatic N) is 1. The maximum Gasteiger partial charge on any atom is 0.244 e. The van der Waals surface area contributed by atoms with Gasteiger partial charge < -0.3 is 5.32 Å². The lowest BCUT2D eigenvalue weighted by atomic mass is 9.87. The van der Waals surface area contributed by atoms with Gasteiger partial charge in [0.1, 0.15) is 4.90 Å². The predicted octanol–water partition coefficient (Wildman–Crippen LogP) is 2.67. The van der Waals surface area contributed by atoms with Crippen molar-refractivity contribution in [2.45, 2.75) is 37.5 Å². The number of hydrogen-bond donors (Lipinski definition) is 1. The lowest BCUT2D eigenvalue weighted by Crippen LogP contribution is -2.33. The van der Waals surface area contributed by atoms with Crippen LogP contribution < -0.4 is 5.32 Å². The summed E-state index contributed by atoms with van der Waals surface area (Å²) >= 11 is 6.19. The van der Waals surface area contributed by atoms with Gasteiger partial charge in [-0.2, -0.15) is 4.31 Å². The Morgan fingerprint density at radius 1 is 1.36 bits per heavy atom. The molecule has 0 aliphatic carbocycles. The van der Waals surface area contributed by atoms with Crippen molar-refractivity contribution in [3.8, 4) is 0 Å². The molecule has 22 heavy (non-hydrogen) atoms. The Labute approximate surface area is 137 Å². The van der Waals surface area contributed by atoms with Gasteiger partial charge in [0.25, 0.3) is 0 Å². The minimum Gasteiger partial charge on any atom is -0.316 e. The minimum atomic E-state index is -3.50. The molecule has 3 rings (SSSR count). The normalized spacial score (nSPS) is 26.1. The Morgan fingerprint density at radius 3 is 2.86 bits per heavy atom. The highest BCUT2D eigenvalue weighted by Gasteiger charge is 2.44. The molecule has 2 aliphatic rings. The fourth-order valence-corrected chi connectivity index (χ4v) is 5.65. The van der Waals surface area contributed by atoms with Crippen molar-refractivity contribution < 1.29 is 8.42 Å². The third-order valence-corrected chi connectivity index (χ3v) is 7.21. The van der Waals surface area contributed by atoms with E-state index in [0.29, 0.717) is 18.1 Å². The zero-order chi connectivity index (χ0) is 15.8. The summed E-state index contributed by atoms with van der Waals surface area (Å²) in [6.07, 6.45) is 3.85. The van der Waals surface area contributed by atoms with Crippen LogP contribution in [-0.4, -0.2) is 38.9 Å². The monoisotopic (exact) mass is 342 g/mol. The molecular formula is C16H23ClN2O2S. The number of benzene rings is 1. The molecule has 0 bridgehead atoms. The fourth-order valence-electron chi connectivity index (χ4n) is 3.57. The molecule has 0 amide bonds. The maximum absolute atomic E-state index is 13.0. The van der Waals surface area contributed by atoms with Crippen LogP contribution in [0.2, 0.25) is 5.02 Å². The van der Waals surface area contributed by atoms with Gasteiger partial charge in [-0.05, 0) is 48.9 Å². The fraction of sp³-hybridized carbons (Fsp3) is 0.625. The van der Waals surface area contributed by atoms with Crippen LogP contribution in [0.3, 0.4) is 0 Å². The Hall–Kier alpha value is -0.620. The van der Waals surface area contributed by atoms with E-state index in [4.69, 9.17) is 11.6 Å². The van der Waals surface area contributed by atoms with Gasteiger partial charge >= 0.3 is 0 Å². The van der Waals surface area contributed by atoms with Gasteiger partial charge in [0.2, 0.25) is 10.0 Å². The summed E-state index contributed by atoms with van der Waals surface area (Å²) in [5, 5.41) is 3.68. The van der Waals surface area contributed by atoms with Crippen LogP contribution in [-0.2, 0) is 16.4 Å². The van der Waals surface area contributed by atoms with Gasteiger partial charge in [0.15, 0.2) is 0 Å². The zero-order valence-electron chi connectivity index (χ0n) is 12.9. The summed E-state index contributed by atoms with van der Waals surface area (Å²) in [4.78, 5) is 0.267. The average molecular weight is 343 g/mol. The number of halogens is 1. The molecule has 1 spiro atoms. The van der Waals surface area contributed by atoms with Crippen LogP contribution in [0, 0.1) is 5.41 Å². The summed E-state index contributed by atoms with van der Waals surface area (Å²) in [5.74, 6) is 0. The average Bonchev–Trinajstić information content (AvgIpc) is 3.12. The smallest absolute Gasteiger partial charge is 0.244 e. The number of sulfonamides is 1. The van der Waals surface area contributed by atoms with Crippen LogP contribution >= 0.6 is 11.6 Å². The number of nitrogens with one attached hydrogen (secondary N) is 1. The van der Waals surface area contributed by atoms with E-state index in [1.54, 1.807) is 16.4 Å². The quantitative estimate of drug-likeness (QED) is 0.915. The Morgan fingerprint density at radius 2 is 2.18 bits per heavy atom. The number of aryl methyl sites for hydroxylation is 1. The number of hydrogen-bond acceptors (Lipinski definition) is 3. The maximum atomic E-state index is 13.0. The molecule has 4 nitrogen and oxygen atoms in total. The molecule has 1 unspecified atom stereocenters. The molecule has 2 aliphatic heterocycles. The molecule has 6 heteroatoms. The summed E-state index contributed by atoms with van der Waals surface area (Å²) in [6.45, 7) is 5.19. The van der Waals surface area contributed by atoms with Crippen molar-refractivity contribution in [2.24, 2.45) is 5.41 Å². The second kappa shape index (κ2) is 6.11. The molecule has 0 radical (unpaired) electrons. The van der Waals surface area contributed by atoms with Crippen molar-refractivity contribution in [3.05, 3.63) is 28.8 Å². The van der Waals surface area contributed by atoms with E-state index in [9.17, 15) is 8.42 Å². The summed E-state index contributed by atoms with van der Waals surface area (Å²) in [7, 11) is -3.50. The first-order valence-corrected chi connectivity index (χ1v) is 9.78. The first kappa shape index (κ1) is 16.2. The first-order valence-electron chi connectivity index (χ1n) is 7.96. The highest BCUT2D eigenvalue weighted by molar-refractivity contribution is 7.89. The first-order chi connectivity index (χ1) is 10.5. The van der Waals surface area contributed by atoms with Crippen molar-refractivity contribution in [2.75, 3.05) is 26.2 Å². The second-order valence-corrected chi connectivity index (χ2v) is 8.84. The number of rotatable bonds is 4. The third kappa shape index (κ3) is 2.92. The predicted molar refractivity (Wildman–Crippen MR) is 88.7 cm³/mol. The third-order valence-electron chi connectivity index (χ3n) is 4.89. The second-order valence-electron chi connectivity index (χ2n) is 6.53. The topological polar surface area (TPSA) is 49.4 Å². The van der Waals surface area contributed by atoms with Crippen molar-refractivity contribution in [3.63, 3.8) is 0 Å². The van der Waals surface area contributed by atoms with Crippen molar-refractivity contribution in [1.29, 1.82) is 0 Å². The molecular weight excluding hydrogens is 320 g/mol. The standard InChI is InChI=1S/C16H23ClN2O2S/c1-2-3-13-4-5-14(17)15(10-13)22(20,21)19-9-7-16(12-19)6-8-18-11-16/h4-5,10,18H,2-3,6-9,11-12H2,1H3. The van der Waals surface area contributed by atoms with E-state index in [0.717, 1.165) is 44.3 Å². The van der Waals surface area contributed by atoms with Crippen molar-refractivity contribution in [1.82, 2.24) is 9.62 Å². The molecule has 2 saturated heterocycles. The van der Waals surface area contributed by atoms with Crippen LogP contribution in [0.25, 0.3) is 0 Å². The Balaban J connectivity index is 1.88. The molecule has 1 N–H and O–H groups in total. The van der Waals surface area contributed by atoms with Gasteiger partial charge in [-0.15, -0.1) is 0 Å². The van der Waals surface area contributed by atoms with Gasteiger partial charge in [0.05, 0.1) is 5.02 Å². The van der Waals surface area contributed by atoms with E-state index in [1.165, 1.54) is 0 Å². The molecule has 122 valence electrons. The van der Waals surface area contributed by atoms with Gasteiger partial charge in [-0.3, -0.25) is 0 Å². The highest BCUT2D eigenvalue weighted by atomic mass is 35.5. The van der Waals surface area contributed by atoms with Crippen molar-refractivity contribution >= 4 is 21.6 Å². The molecule has 2 heterocycles. The largest absolute Gasteiger partial charge is 0.316 e. The van der Waals surface area contributed by atoms with Gasteiger partial charge in [-0.1, -0.05) is 31.0 Å². The summed E-state index contributed by atoms with van der Waals surface area (Å²) in [5.41, 5.74) is 1.16. The molecule has 1 atom stereocenters. The van der Waals surface area contributed by atoms with E-state index >= 15 is 0 Å². The molecule has 0 saturated carbocycles. The molecule has 0 aromatic heterocycles. The summed E-state index contributed by atoms with van der Waals surface area (Å²) < 4.78 is 27.6. The molecule has 1 aromatic carbocycles. The van der Waals surface area contributed by atoms with E-state index in [2.05, 4.69) is 12.2 Å². The van der Waals surface area contributed by atoms with Gasteiger partial charge in [-0.25, -0.2) is 8.42 Å². The Bertz CT molecular complexity index is 654. The lowest BCUT2D eigenvalue weighted by molar-refractivity contribution is 0.338. The van der Waals surface area contributed by atoms with Gasteiger partial charge in [0, 0.05) is 19.6 Å². The van der Waals surface area contributed by atoms with E-state index < -0.39 is 10.0 Å². The zero-order valence-corrected chi connectivity index (χ0v) is 14.5.